The van der Waals surface area contributed by atoms with Crippen molar-refractivity contribution in [3.63, 3.8) is 0 Å². The molecule has 4 nitrogen and oxygen atoms in total. The number of carbonyl (C=O) groups excluding carboxylic acids is 1. The highest BCUT2D eigenvalue weighted by Gasteiger charge is 2.17. The van der Waals surface area contributed by atoms with E-state index in [0.717, 1.165) is 10.9 Å². The average Bonchev–Trinajstić information content (AvgIpc) is 2.57. The lowest BCUT2D eigenvalue weighted by atomic mass is 10.2. The van der Waals surface area contributed by atoms with Gasteiger partial charge in [0.05, 0.1) is 16.2 Å². The zero-order valence-corrected chi connectivity index (χ0v) is 14.3. The molecule has 0 radical (unpaired) electrons. The van der Waals surface area contributed by atoms with Crippen LogP contribution in [0.5, 0.6) is 5.75 Å². The van der Waals surface area contributed by atoms with Gasteiger partial charge in [-0.15, -0.1) is 0 Å². The molecular weight excluding hydrogens is 347 g/mol. The molecule has 0 aliphatic heterocycles. The number of nitrogens with zero attached hydrogens (tertiary/aromatic N) is 1. The van der Waals surface area contributed by atoms with Gasteiger partial charge in [0.15, 0.2) is 6.10 Å². The number of hydrogen-bond donors (Lipinski definition) is 1. The van der Waals surface area contributed by atoms with E-state index >= 15 is 0 Å². The van der Waals surface area contributed by atoms with Crippen LogP contribution in [0.25, 0.3) is 10.9 Å². The van der Waals surface area contributed by atoms with Crippen LogP contribution in [-0.2, 0) is 4.79 Å². The number of rotatable bonds is 4. The molecule has 1 aromatic heterocycles. The van der Waals surface area contributed by atoms with Crippen LogP contribution >= 0.6 is 23.2 Å². The molecule has 0 spiro atoms. The molecule has 0 saturated carbocycles. The van der Waals surface area contributed by atoms with Crippen LogP contribution < -0.4 is 10.1 Å². The SMILES string of the molecule is CC(Oc1ccc(Cl)cc1Cl)C(=O)Nc1cccc2ncccc12. The normalized spacial score (nSPS) is 12.0. The Balaban J connectivity index is 1.76. The topological polar surface area (TPSA) is 51.2 Å². The van der Waals surface area contributed by atoms with Crippen molar-refractivity contribution in [2.45, 2.75) is 13.0 Å². The molecule has 0 aliphatic rings. The van der Waals surface area contributed by atoms with E-state index < -0.39 is 6.10 Å². The first-order chi connectivity index (χ1) is 11.5. The molecule has 1 amide bonds. The molecule has 1 atom stereocenters. The van der Waals surface area contributed by atoms with Gasteiger partial charge in [-0.25, -0.2) is 0 Å². The third-order valence-corrected chi connectivity index (χ3v) is 4.00. The fourth-order valence-electron chi connectivity index (χ4n) is 2.26. The Labute approximate surface area is 149 Å². The van der Waals surface area contributed by atoms with Crippen molar-refractivity contribution in [3.05, 3.63) is 64.8 Å². The largest absolute Gasteiger partial charge is 0.479 e. The van der Waals surface area contributed by atoms with Crippen LogP contribution in [0.3, 0.4) is 0 Å². The van der Waals surface area contributed by atoms with E-state index in [1.807, 2.05) is 30.3 Å². The maximum atomic E-state index is 12.4. The maximum absolute atomic E-state index is 12.4. The number of anilines is 1. The summed E-state index contributed by atoms with van der Waals surface area (Å²) in [5.74, 6) is 0.126. The summed E-state index contributed by atoms with van der Waals surface area (Å²) < 4.78 is 5.63. The van der Waals surface area contributed by atoms with Crippen LogP contribution in [-0.4, -0.2) is 17.0 Å². The molecule has 0 aliphatic carbocycles. The van der Waals surface area contributed by atoms with Gasteiger partial charge < -0.3 is 10.1 Å². The highest BCUT2D eigenvalue weighted by molar-refractivity contribution is 6.35. The Morgan fingerprint density at radius 2 is 2.00 bits per heavy atom. The standard InChI is InChI=1S/C18H14Cl2N2O2/c1-11(24-17-8-7-12(19)10-14(17)20)18(23)22-16-6-2-5-15-13(16)4-3-9-21-15/h2-11H,1H3,(H,22,23). The summed E-state index contributed by atoms with van der Waals surface area (Å²) in [4.78, 5) is 16.7. The predicted molar refractivity (Wildman–Crippen MR) is 96.9 cm³/mol. The van der Waals surface area contributed by atoms with E-state index in [9.17, 15) is 4.79 Å². The lowest BCUT2D eigenvalue weighted by Crippen LogP contribution is -2.30. The molecule has 1 unspecified atom stereocenters. The van der Waals surface area contributed by atoms with Crippen LogP contribution in [0, 0.1) is 0 Å². The first-order valence-corrected chi connectivity index (χ1v) is 8.06. The molecule has 0 fully saturated rings. The van der Waals surface area contributed by atoms with Gasteiger partial charge in [0.2, 0.25) is 0 Å². The van der Waals surface area contributed by atoms with E-state index in [0.29, 0.717) is 21.5 Å². The van der Waals surface area contributed by atoms with E-state index in [1.165, 1.54) is 0 Å². The molecule has 1 N–H and O–H groups in total. The fraction of sp³-hybridized carbons (Fsp3) is 0.111. The number of aromatic nitrogens is 1. The molecule has 122 valence electrons. The summed E-state index contributed by atoms with van der Waals surface area (Å²) in [5, 5.41) is 4.59. The highest BCUT2D eigenvalue weighted by Crippen LogP contribution is 2.28. The van der Waals surface area contributed by atoms with Crippen LogP contribution in [0.2, 0.25) is 10.0 Å². The molecule has 24 heavy (non-hydrogen) atoms. The minimum absolute atomic E-state index is 0.280. The maximum Gasteiger partial charge on any atom is 0.265 e. The summed E-state index contributed by atoms with van der Waals surface area (Å²) in [6.07, 6.45) is 0.984. The van der Waals surface area contributed by atoms with Crippen LogP contribution in [0.15, 0.2) is 54.7 Å². The van der Waals surface area contributed by atoms with Gasteiger partial charge >= 0.3 is 0 Å². The minimum atomic E-state index is -0.726. The Hall–Kier alpha value is -2.30. The first-order valence-electron chi connectivity index (χ1n) is 7.31. The summed E-state index contributed by atoms with van der Waals surface area (Å²) in [7, 11) is 0. The lowest BCUT2D eigenvalue weighted by Gasteiger charge is -2.16. The predicted octanol–water partition coefficient (Wildman–Crippen LogP) is 4.95. The summed E-state index contributed by atoms with van der Waals surface area (Å²) in [6, 6.07) is 14.1. The van der Waals surface area contributed by atoms with Crippen LogP contribution in [0.1, 0.15) is 6.92 Å². The number of fused-ring (bicyclic) bond motifs is 1. The molecule has 2 aromatic carbocycles. The quantitative estimate of drug-likeness (QED) is 0.716. The van der Waals surface area contributed by atoms with E-state index in [4.69, 9.17) is 27.9 Å². The second-order valence-corrected chi connectivity index (χ2v) is 6.04. The van der Waals surface area contributed by atoms with Crippen molar-refractivity contribution < 1.29 is 9.53 Å². The first kappa shape index (κ1) is 16.6. The number of benzene rings is 2. The van der Waals surface area contributed by atoms with Crippen molar-refractivity contribution in [1.29, 1.82) is 0 Å². The minimum Gasteiger partial charge on any atom is -0.479 e. The van der Waals surface area contributed by atoms with Gasteiger partial charge in [0.25, 0.3) is 5.91 Å². The number of ether oxygens (including phenoxy) is 1. The Bertz CT molecular complexity index is 894. The number of hydrogen-bond acceptors (Lipinski definition) is 3. The molecule has 6 heteroatoms. The van der Waals surface area contributed by atoms with Crippen molar-refractivity contribution in [1.82, 2.24) is 4.98 Å². The smallest absolute Gasteiger partial charge is 0.265 e. The Kier molecular flexibility index (Phi) is 4.88. The third-order valence-electron chi connectivity index (χ3n) is 3.47. The Morgan fingerprint density at radius 1 is 1.17 bits per heavy atom. The van der Waals surface area contributed by atoms with Crippen molar-refractivity contribution >= 4 is 45.7 Å². The molecule has 0 saturated heterocycles. The van der Waals surface area contributed by atoms with Gasteiger partial charge in [-0.3, -0.25) is 9.78 Å². The van der Waals surface area contributed by atoms with Gasteiger partial charge in [-0.2, -0.15) is 0 Å². The highest BCUT2D eigenvalue weighted by atomic mass is 35.5. The van der Waals surface area contributed by atoms with Gasteiger partial charge in [0.1, 0.15) is 5.75 Å². The van der Waals surface area contributed by atoms with Crippen molar-refractivity contribution in [3.8, 4) is 5.75 Å². The average molecular weight is 361 g/mol. The lowest BCUT2D eigenvalue weighted by molar-refractivity contribution is -0.122. The number of amides is 1. The van der Waals surface area contributed by atoms with E-state index in [-0.39, 0.29) is 5.91 Å². The second kappa shape index (κ2) is 7.07. The molecule has 1 heterocycles. The third kappa shape index (κ3) is 3.61. The monoisotopic (exact) mass is 360 g/mol. The summed E-state index contributed by atoms with van der Waals surface area (Å²) in [5.41, 5.74) is 1.49. The number of pyridine rings is 1. The van der Waals surface area contributed by atoms with Gasteiger partial charge in [-0.1, -0.05) is 29.3 Å². The second-order valence-electron chi connectivity index (χ2n) is 5.20. The molecular formula is C18H14Cl2N2O2. The van der Waals surface area contributed by atoms with Crippen LogP contribution in [0.4, 0.5) is 5.69 Å². The number of nitrogens with one attached hydrogen (secondary N) is 1. The molecule has 3 rings (SSSR count). The van der Waals surface area contributed by atoms with Crippen molar-refractivity contribution in [2.24, 2.45) is 0 Å². The van der Waals surface area contributed by atoms with Gasteiger partial charge in [-0.05, 0) is 49.4 Å². The number of halogens is 2. The molecule has 0 bridgehead atoms. The zero-order valence-electron chi connectivity index (χ0n) is 12.8. The summed E-state index contributed by atoms with van der Waals surface area (Å²) >= 11 is 11.9. The Morgan fingerprint density at radius 3 is 2.79 bits per heavy atom. The number of carbonyl (C=O) groups is 1. The summed E-state index contributed by atoms with van der Waals surface area (Å²) in [6.45, 7) is 1.66. The van der Waals surface area contributed by atoms with Gasteiger partial charge in [0, 0.05) is 16.6 Å². The fourth-order valence-corrected chi connectivity index (χ4v) is 2.71. The van der Waals surface area contributed by atoms with Crippen molar-refractivity contribution in [2.75, 3.05) is 5.32 Å². The zero-order chi connectivity index (χ0) is 17.1. The molecule has 3 aromatic rings. The van der Waals surface area contributed by atoms with E-state index in [2.05, 4.69) is 10.3 Å². The van der Waals surface area contributed by atoms with E-state index in [1.54, 1.807) is 31.3 Å².